The number of amides is 1. The Bertz CT molecular complexity index is 906. The Hall–Kier alpha value is -2.41. The molecule has 2 aliphatic rings. The first-order valence-electron chi connectivity index (χ1n) is 8.89. The largest absolute Gasteiger partial charge is 0.336 e. The Kier molecular flexibility index (Phi) is 4.19. The minimum atomic E-state index is -0.608. The van der Waals surface area contributed by atoms with Gasteiger partial charge in [-0.25, -0.2) is 9.97 Å². The molecule has 2 aromatic rings. The minimum absolute atomic E-state index is 0.162. The van der Waals surface area contributed by atoms with Gasteiger partial charge in [0.1, 0.15) is 29.2 Å². The van der Waals surface area contributed by atoms with Gasteiger partial charge in [0.05, 0.1) is 5.02 Å². The molecule has 0 bridgehead atoms. The fraction of sp³-hybridized carbons (Fsp3) is 0.444. The summed E-state index contributed by atoms with van der Waals surface area (Å²) >= 11 is 6.45. The molecule has 1 saturated carbocycles. The second kappa shape index (κ2) is 6.39. The monoisotopic (exact) mass is 373 g/mol. The van der Waals surface area contributed by atoms with E-state index >= 15 is 0 Å². The number of hydrogen-bond donors (Lipinski definition) is 1. The van der Waals surface area contributed by atoms with E-state index in [1.807, 2.05) is 11.8 Å². The van der Waals surface area contributed by atoms with Crippen molar-refractivity contribution in [3.8, 4) is 0 Å². The summed E-state index contributed by atoms with van der Waals surface area (Å²) < 4.78 is 1.63. The summed E-state index contributed by atoms with van der Waals surface area (Å²) in [5.41, 5.74) is -0.236. The highest BCUT2D eigenvalue weighted by atomic mass is 35.5. The lowest BCUT2D eigenvalue weighted by Gasteiger charge is -2.42. The summed E-state index contributed by atoms with van der Waals surface area (Å²) in [5.74, 6) is 0.341. The van der Waals surface area contributed by atoms with Gasteiger partial charge in [0, 0.05) is 12.7 Å². The smallest absolute Gasteiger partial charge is 0.276 e. The molecule has 1 fully saturated rings. The number of aromatic nitrogens is 3. The van der Waals surface area contributed by atoms with Crippen molar-refractivity contribution < 1.29 is 4.79 Å². The Morgan fingerprint density at radius 2 is 2.04 bits per heavy atom. The van der Waals surface area contributed by atoms with E-state index in [1.165, 1.54) is 12.4 Å². The van der Waals surface area contributed by atoms with Gasteiger partial charge in [-0.05, 0) is 44.7 Å². The number of rotatable bonds is 3. The van der Waals surface area contributed by atoms with Crippen LogP contribution >= 0.6 is 11.6 Å². The van der Waals surface area contributed by atoms with E-state index in [0.29, 0.717) is 23.7 Å². The number of carbonyl (C=O) groups excluding carboxylic acids is 1. The standard InChI is InChI=1S/C18H20ClN5O2/c1-2-23-17(26)15-12(19)10-13(22-14-6-9-20-11-21-14)16(25)24(15)18(23)7-4-3-5-8-18/h6,9-11H,2-5,7-8H2,1H3,(H,20,21,22). The molecule has 2 aromatic heterocycles. The number of fused-ring (bicyclic) bond motifs is 2. The lowest BCUT2D eigenvalue weighted by atomic mass is 9.88. The van der Waals surface area contributed by atoms with E-state index in [2.05, 4.69) is 15.3 Å². The van der Waals surface area contributed by atoms with Crippen LogP contribution in [0.2, 0.25) is 5.02 Å². The van der Waals surface area contributed by atoms with E-state index in [0.717, 1.165) is 32.1 Å². The lowest BCUT2D eigenvalue weighted by molar-refractivity contribution is 0.0159. The van der Waals surface area contributed by atoms with Crippen molar-refractivity contribution in [2.45, 2.75) is 44.7 Å². The second-order valence-electron chi connectivity index (χ2n) is 6.71. The Morgan fingerprint density at radius 1 is 1.27 bits per heavy atom. The van der Waals surface area contributed by atoms with Crippen LogP contribution in [0.3, 0.4) is 0 Å². The van der Waals surface area contributed by atoms with Crippen molar-refractivity contribution in [2.24, 2.45) is 0 Å². The molecule has 0 aromatic carbocycles. The third-order valence-electron chi connectivity index (χ3n) is 5.34. The maximum Gasteiger partial charge on any atom is 0.276 e. The zero-order valence-electron chi connectivity index (χ0n) is 14.5. The van der Waals surface area contributed by atoms with Crippen LogP contribution in [0, 0.1) is 0 Å². The van der Waals surface area contributed by atoms with Crippen molar-refractivity contribution in [1.29, 1.82) is 0 Å². The van der Waals surface area contributed by atoms with Gasteiger partial charge in [0.25, 0.3) is 11.5 Å². The van der Waals surface area contributed by atoms with Crippen LogP contribution in [0.25, 0.3) is 0 Å². The Labute approximate surface area is 156 Å². The number of nitrogens with one attached hydrogen (secondary N) is 1. The van der Waals surface area contributed by atoms with Crippen LogP contribution in [0.5, 0.6) is 0 Å². The second-order valence-corrected chi connectivity index (χ2v) is 7.11. The predicted octanol–water partition coefficient (Wildman–Crippen LogP) is 3.13. The molecular weight excluding hydrogens is 354 g/mol. The topological polar surface area (TPSA) is 80.1 Å². The highest BCUT2D eigenvalue weighted by Gasteiger charge is 2.51. The molecule has 3 heterocycles. The lowest BCUT2D eigenvalue weighted by Crippen LogP contribution is -2.51. The summed E-state index contributed by atoms with van der Waals surface area (Å²) in [6, 6.07) is 3.19. The fourth-order valence-corrected chi connectivity index (χ4v) is 4.53. The molecule has 0 atom stereocenters. The van der Waals surface area contributed by atoms with E-state index < -0.39 is 5.66 Å². The quantitative estimate of drug-likeness (QED) is 0.894. The molecule has 7 nitrogen and oxygen atoms in total. The van der Waals surface area contributed by atoms with Crippen LogP contribution in [0.1, 0.15) is 49.5 Å². The van der Waals surface area contributed by atoms with Gasteiger partial charge in [0.2, 0.25) is 0 Å². The number of anilines is 2. The molecule has 4 rings (SSSR count). The average Bonchev–Trinajstić information content (AvgIpc) is 2.89. The SMILES string of the molecule is CCN1C(=O)c2c(Cl)cc(Nc3ccncn3)c(=O)n2C12CCCCC2. The fourth-order valence-electron chi connectivity index (χ4n) is 4.26. The van der Waals surface area contributed by atoms with E-state index in [4.69, 9.17) is 11.6 Å². The third-order valence-corrected chi connectivity index (χ3v) is 5.62. The molecule has 0 unspecified atom stereocenters. The summed E-state index contributed by atoms with van der Waals surface area (Å²) in [7, 11) is 0. The first-order chi connectivity index (χ1) is 12.6. The van der Waals surface area contributed by atoms with Crippen molar-refractivity contribution in [3.05, 3.63) is 45.7 Å². The van der Waals surface area contributed by atoms with Gasteiger partial charge in [0.15, 0.2) is 0 Å². The molecule has 0 saturated heterocycles. The van der Waals surface area contributed by atoms with E-state index in [9.17, 15) is 9.59 Å². The van der Waals surface area contributed by atoms with E-state index in [1.54, 1.807) is 16.8 Å². The summed E-state index contributed by atoms with van der Waals surface area (Å²) in [6.45, 7) is 2.49. The average molecular weight is 374 g/mol. The van der Waals surface area contributed by atoms with Crippen LogP contribution in [0.15, 0.2) is 29.5 Å². The van der Waals surface area contributed by atoms with Crippen molar-refractivity contribution in [3.63, 3.8) is 0 Å². The molecular formula is C18H20ClN5O2. The van der Waals surface area contributed by atoms with E-state index in [-0.39, 0.29) is 16.5 Å². The summed E-state index contributed by atoms with van der Waals surface area (Å²) in [5, 5.41) is 3.30. The van der Waals surface area contributed by atoms with Crippen LogP contribution in [-0.4, -0.2) is 31.9 Å². The molecule has 1 aliphatic carbocycles. The predicted molar refractivity (Wildman–Crippen MR) is 98.8 cm³/mol. The Morgan fingerprint density at radius 3 is 2.69 bits per heavy atom. The number of nitrogens with zero attached hydrogens (tertiary/aromatic N) is 4. The summed E-state index contributed by atoms with van der Waals surface area (Å²) in [6.07, 6.45) is 7.62. The molecule has 0 radical (unpaired) electrons. The van der Waals surface area contributed by atoms with Gasteiger partial charge in [-0.15, -0.1) is 0 Å². The normalized spacial score (nSPS) is 18.2. The van der Waals surface area contributed by atoms with Gasteiger partial charge in [-0.2, -0.15) is 0 Å². The maximum atomic E-state index is 13.3. The zero-order valence-corrected chi connectivity index (χ0v) is 15.3. The van der Waals surface area contributed by atoms with Crippen molar-refractivity contribution in [1.82, 2.24) is 19.4 Å². The zero-order chi connectivity index (χ0) is 18.3. The van der Waals surface area contributed by atoms with Crippen LogP contribution in [-0.2, 0) is 5.66 Å². The molecule has 26 heavy (non-hydrogen) atoms. The molecule has 8 heteroatoms. The first-order valence-corrected chi connectivity index (χ1v) is 9.27. The molecule has 1 amide bonds. The Balaban J connectivity index is 1.89. The highest BCUT2D eigenvalue weighted by molar-refractivity contribution is 6.34. The van der Waals surface area contributed by atoms with Gasteiger partial charge >= 0.3 is 0 Å². The minimum Gasteiger partial charge on any atom is -0.336 e. The molecule has 1 N–H and O–H groups in total. The van der Waals surface area contributed by atoms with Gasteiger partial charge < -0.3 is 10.2 Å². The highest BCUT2D eigenvalue weighted by Crippen LogP contribution is 2.44. The van der Waals surface area contributed by atoms with Crippen LogP contribution in [0.4, 0.5) is 11.5 Å². The number of carbonyl (C=O) groups is 1. The molecule has 1 spiro atoms. The van der Waals surface area contributed by atoms with Crippen molar-refractivity contribution >= 4 is 29.0 Å². The number of pyridine rings is 1. The van der Waals surface area contributed by atoms with Crippen LogP contribution < -0.4 is 10.9 Å². The summed E-state index contributed by atoms with van der Waals surface area (Å²) in [4.78, 5) is 36.1. The first kappa shape index (κ1) is 17.0. The third kappa shape index (κ3) is 2.41. The van der Waals surface area contributed by atoms with Gasteiger partial charge in [-0.1, -0.05) is 18.0 Å². The van der Waals surface area contributed by atoms with Crippen molar-refractivity contribution in [2.75, 3.05) is 11.9 Å². The molecule has 136 valence electrons. The number of halogens is 1. The number of hydrogen-bond acceptors (Lipinski definition) is 5. The maximum absolute atomic E-state index is 13.3. The van der Waals surface area contributed by atoms with Gasteiger partial charge in [-0.3, -0.25) is 14.2 Å². The molecule has 1 aliphatic heterocycles.